The van der Waals surface area contributed by atoms with Crippen LogP contribution in [0.25, 0.3) is 0 Å². The maximum Gasteiger partial charge on any atom is 0.323 e. The minimum atomic E-state index is 0.284. The molecule has 0 unspecified atom stereocenters. The van der Waals surface area contributed by atoms with E-state index in [1.807, 2.05) is 6.92 Å². The molecule has 0 bridgehead atoms. The zero-order valence-electron chi connectivity index (χ0n) is 13.3. The van der Waals surface area contributed by atoms with Crippen LogP contribution in [0, 0.1) is 5.41 Å². The van der Waals surface area contributed by atoms with E-state index in [-0.39, 0.29) is 5.41 Å². The van der Waals surface area contributed by atoms with Crippen molar-refractivity contribution < 1.29 is 4.74 Å². The second-order valence-electron chi connectivity index (χ2n) is 5.88. The van der Waals surface area contributed by atoms with Crippen molar-refractivity contribution >= 4 is 11.9 Å². The lowest BCUT2D eigenvalue weighted by Crippen LogP contribution is -2.16. The predicted octanol–water partition coefficient (Wildman–Crippen LogP) is 2.94. The maximum absolute atomic E-state index is 5.49. The number of hydrogen-bond donors (Lipinski definition) is 2. The highest BCUT2D eigenvalue weighted by atomic mass is 16.5. The van der Waals surface area contributed by atoms with E-state index >= 15 is 0 Å². The zero-order valence-corrected chi connectivity index (χ0v) is 13.3. The molecule has 0 radical (unpaired) electrons. The van der Waals surface area contributed by atoms with Crippen molar-refractivity contribution in [3.63, 3.8) is 0 Å². The molecule has 114 valence electrons. The molecule has 0 aliphatic carbocycles. The summed E-state index contributed by atoms with van der Waals surface area (Å²) in [5.41, 5.74) is 0.284. The quantitative estimate of drug-likeness (QED) is 0.763. The van der Waals surface area contributed by atoms with Crippen LogP contribution in [0.15, 0.2) is 0 Å². The molecule has 20 heavy (non-hydrogen) atoms. The lowest BCUT2D eigenvalue weighted by atomic mass is 9.92. The molecule has 1 rings (SSSR count). The van der Waals surface area contributed by atoms with Crippen molar-refractivity contribution in [2.45, 2.75) is 47.5 Å². The fourth-order valence-corrected chi connectivity index (χ4v) is 1.48. The van der Waals surface area contributed by atoms with Gasteiger partial charge in [0.1, 0.15) is 0 Å². The van der Waals surface area contributed by atoms with Gasteiger partial charge in [-0.1, -0.05) is 27.7 Å². The Hall–Kier alpha value is -1.59. The Morgan fingerprint density at radius 1 is 1.00 bits per heavy atom. The van der Waals surface area contributed by atoms with Gasteiger partial charge in [-0.2, -0.15) is 15.0 Å². The molecule has 6 nitrogen and oxygen atoms in total. The van der Waals surface area contributed by atoms with Crippen LogP contribution in [-0.2, 0) is 0 Å². The summed E-state index contributed by atoms with van der Waals surface area (Å²) in [6.07, 6.45) is 1.97. The standard InChI is InChI=1S/C14H27N5O/c1-6-10-20-13-18-11(15-7-2)17-12(19-13)16-9-8-14(3,4)5/h6-10H2,1-5H3,(H2,15,16,17,18,19). The molecule has 1 aromatic heterocycles. The van der Waals surface area contributed by atoms with Crippen molar-refractivity contribution in [1.82, 2.24) is 15.0 Å². The van der Waals surface area contributed by atoms with E-state index in [0.717, 1.165) is 25.9 Å². The first kappa shape index (κ1) is 16.5. The molecule has 0 amide bonds. The second-order valence-corrected chi connectivity index (χ2v) is 5.88. The topological polar surface area (TPSA) is 72.0 Å². The second kappa shape index (κ2) is 7.87. The molecule has 0 saturated carbocycles. The molecule has 1 heterocycles. The Labute approximate surface area is 121 Å². The summed E-state index contributed by atoms with van der Waals surface area (Å²) in [5, 5.41) is 6.32. The van der Waals surface area contributed by atoms with E-state index in [1.165, 1.54) is 0 Å². The fraction of sp³-hybridized carbons (Fsp3) is 0.786. The van der Waals surface area contributed by atoms with Gasteiger partial charge in [0.25, 0.3) is 0 Å². The third-order valence-electron chi connectivity index (χ3n) is 2.54. The maximum atomic E-state index is 5.49. The van der Waals surface area contributed by atoms with Gasteiger partial charge >= 0.3 is 6.01 Å². The number of rotatable bonds is 8. The van der Waals surface area contributed by atoms with Gasteiger partial charge in [-0.3, -0.25) is 0 Å². The smallest absolute Gasteiger partial charge is 0.323 e. The van der Waals surface area contributed by atoms with Crippen molar-refractivity contribution in [2.24, 2.45) is 5.41 Å². The van der Waals surface area contributed by atoms with E-state index in [4.69, 9.17) is 4.74 Å². The SMILES string of the molecule is CCCOc1nc(NCC)nc(NCCC(C)(C)C)n1. The largest absolute Gasteiger partial charge is 0.463 e. The number of aromatic nitrogens is 3. The average Bonchev–Trinajstić information content (AvgIpc) is 2.35. The van der Waals surface area contributed by atoms with E-state index < -0.39 is 0 Å². The highest BCUT2D eigenvalue weighted by molar-refractivity contribution is 5.35. The van der Waals surface area contributed by atoms with Crippen LogP contribution in [0.4, 0.5) is 11.9 Å². The van der Waals surface area contributed by atoms with Gasteiger partial charge in [-0.25, -0.2) is 0 Å². The van der Waals surface area contributed by atoms with Crippen LogP contribution < -0.4 is 15.4 Å². The Morgan fingerprint density at radius 3 is 2.20 bits per heavy atom. The Morgan fingerprint density at radius 2 is 1.65 bits per heavy atom. The predicted molar refractivity (Wildman–Crippen MR) is 82.3 cm³/mol. The normalized spacial score (nSPS) is 11.2. The summed E-state index contributed by atoms with van der Waals surface area (Å²) in [5.74, 6) is 1.11. The third kappa shape index (κ3) is 6.54. The summed E-state index contributed by atoms with van der Waals surface area (Å²) >= 11 is 0. The van der Waals surface area contributed by atoms with Gasteiger partial charge in [0, 0.05) is 13.1 Å². The highest BCUT2D eigenvalue weighted by Crippen LogP contribution is 2.18. The molecule has 0 atom stereocenters. The first-order valence-electron chi connectivity index (χ1n) is 7.31. The number of ether oxygens (including phenoxy) is 1. The van der Waals surface area contributed by atoms with E-state index in [1.54, 1.807) is 0 Å². The van der Waals surface area contributed by atoms with Crippen molar-refractivity contribution in [2.75, 3.05) is 30.3 Å². The summed E-state index contributed by atoms with van der Waals surface area (Å²) < 4.78 is 5.49. The molecular formula is C14H27N5O. The number of nitrogens with zero attached hydrogens (tertiary/aromatic N) is 3. The Balaban J connectivity index is 2.69. The summed E-state index contributed by atoms with van der Waals surface area (Å²) in [4.78, 5) is 12.8. The van der Waals surface area contributed by atoms with Crippen molar-refractivity contribution in [3.8, 4) is 6.01 Å². The lowest BCUT2D eigenvalue weighted by molar-refractivity contribution is 0.292. The van der Waals surface area contributed by atoms with Gasteiger partial charge in [0.15, 0.2) is 0 Å². The molecule has 2 N–H and O–H groups in total. The summed E-state index contributed by atoms with van der Waals surface area (Å²) in [7, 11) is 0. The van der Waals surface area contributed by atoms with Gasteiger partial charge in [-0.15, -0.1) is 0 Å². The van der Waals surface area contributed by atoms with E-state index in [2.05, 4.69) is 53.3 Å². The monoisotopic (exact) mass is 281 g/mol. The molecule has 0 fully saturated rings. The number of nitrogens with one attached hydrogen (secondary N) is 2. The molecule has 0 spiro atoms. The van der Waals surface area contributed by atoms with Crippen LogP contribution in [0.2, 0.25) is 0 Å². The highest BCUT2D eigenvalue weighted by Gasteiger charge is 2.11. The lowest BCUT2D eigenvalue weighted by Gasteiger charge is -2.18. The van der Waals surface area contributed by atoms with Crippen LogP contribution in [0.5, 0.6) is 6.01 Å². The van der Waals surface area contributed by atoms with Crippen LogP contribution in [0.3, 0.4) is 0 Å². The molecule has 1 aromatic rings. The molecule has 0 aliphatic rings. The van der Waals surface area contributed by atoms with Crippen LogP contribution in [0.1, 0.15) is 47.5 Å². The van der Waals surface area contributed by atoms with E-state index in [9.17, 15) is 0 Å². The van der Waals surface area contributed by atoms with Gasteiger partial charge in [-0.05, 0) is 25.2 Å². The molecule has 0 aromatic carbocycles. The zero-order chi connectivity index (χ0) is 15.0. The molecule has 0 saturated heterocycles. The third-order valence-corrected chi connectivity index (χ3v) is 2.54. The summed E-state index contributed by atoms with van der Waals surface area (Å²) in [6, 6.07) is 0.371. The number of anilines is 2. The average molecular weight is 281 g/mol. The first-order chi connectivity index (χ1) is 9.44. The first-order valence-corrected chi connectivity index (χ1v) is 7.31. The van der Waals surface area contributed by atoms with Gasteiger partial charge in [0.05, 0.1) is 6.61 Å². The molecular weight excluding hydrogens is 254 g/mol. The van der Waals surface area contributed by atoms with E-state index in [0.29, 0.717) is 24.5 Å². The van der Waals surface area contributed by atoms with Gasteiger partial charge < -0.3 is 15.4 Å². The summed E-state index contributed by atoms with van der Waals surface area (Å²) in [6.45, 7) is 12.9. The molecule has 0 aliphatic heterocycles. The number of hydrogen-bond acceptors (Lipinski definition) is 6. The van der Waals surface area contributed by atoms with Crippen LogP contribution >= 0.6 is 0 Å². The molecule has 6 heteroatoms. The van der Waals surface area contributed by atoms with Crippen molar-refractivity contribution in [1.29, 1.82) is 0 Å². The minimum Gasteiger partial charge on any atom is -0.463 e. The Bertz CT molecular complexity index is 403. The van der Waals surface area contributed by atoms with Crippen LogP contribution in [-0.4, -0.2) is 34.6 Å². The van der Waals surface area contributed by atoms with Gasteiger partial charge in [0.2, 0.25) is 11.9 Å². The Kier molecular flexibility index (Phi) is 6.48. The minimum absolute atomic E-state index is 0.284. The fourth-order valence-electron chi connectivity index (χ4n) is 1.48. The van der Waals surface area contributed by atoms with Crippen molar-refractivity contribution in [3.05, 3.63) is 0 Å².